The van der Waals surface area contributed by atoms with Gasteiger partial charge < -0.3 is 4.90 Å². The number of hydrogen-bond donors (Lipinski definition) is 0. The smallest absolute Gasteiger partial charge is 0.161 e. The van der Waals surface area contributed by atoms with E-state index in [0.29, 0.717) is 17.2 Å². The number of halogens is 1. The second-order valence-corrected chi connectivity index (χ2v) is 5.62. The van der Waals surface area contributed by atoms with Crippen molar-refractivity contribution in [3.05, 3.63) is 16.1 Å². The van der Waals surface area contributed by atoms with E-state index in [4.69, 9.17) is 0 Å². The lowest BCUT2D eigenvalue weighted by Gasteiger charge is -2.14. The largest absolute Gasteiger partial charge is 0.303 e. The van der Waals surface area contributed by atoms with E-state index in [1.165, 1.54) is 11.3 Å². The third kappa shape index (κ3) is 3.57. The second kappa shape index (κ2) is 6.21. The number of alkyl halides is 1. The Hall–Kier alpha value is -0.810. The molecule has 2 heterocycles. The molecule has 1 aromatic heterocycles. The van der Waals surface area contributed by atoms with Crippen LogP contribution >= 0.6 is 11.3 Å². The average molecular weight is 256 g/mol. The monoisotopic (exact) mass is 256 g/mol. The van der Waals surface area contributed by atoms with Crippen LogP contribution in [0.25, 0.3) is 0 Å². The topological polar surface area (TPSA) is 33.2 Å². The van der Waals surface area contributed by atoms with E-state index < -0.39 is 0 Å². The first-order valence-electron chi connectivity index (χ1n) is 6.00. The maximum Gasteiger partial charge on any atom is 0.161 e. The Balaban J connectivity index is 1.79. The summed E-state index contributed by atoms with van der Waals surface area (Å²) in [5.41, 5.74) is 0. The first kappa shape index (κ1) is 12.6. The van der Waals surface area contributed by atoms with Crippen LogP contribution in [0.15, 0.2) is 6.20 Å². The van der Waals surface area contributed by atoms with Gasteiger partial charge in [0.25, 0.3) is 0 Å². The number of carbonyl (C=O) groups excluding carboxylic acids is 1. The van der Waals surface area contributed by atoms with Crippen molar-refractivity contribution in [3.8, 4) is 0 Å². The van der Waals surface area contributed by atoms with E-state index in [0.717, 1.165) is 43.8 Å². The summed E-state index contributed by atoms with van der Waals surface area (Å²) in [6.07, 6.45) is 5.23. The molecule has 5 heteroatoms. The Bertz CT molecular complexity index is 369. The van der Waals surface area contributed by atoms with Crippen LogP contribution in [0.1, 0.15) is 27.5 Å². The molecule has 1 aliphatic rings. The molecule has 94 valence electrons. The van der Waals surface area contributed by atoms with Crippen LogP contribution in [0, 0.1) is 5.92 Å². The third-order valence-electron chi connectivity index (χ3n) is 3.13. The zero-order chi connectivity index (χ0) is 12.1. The summed E-state index contributed by atoms with van der Waals surface area (Å²) in [5.74, 6) is 0.611. The summed E-state index contributed by atoms with van der Waals surface area (Å²) in [6, 6.07) is 0. The van der Waals surface area contributed by atoms with Gasteiger partial charge in [0.15, 0.2) is 6.29 Å². The first-order chi connectivity index (χ1) is 8.31. The van der Waals surface area contributed by atoms with E-state index in [1.54, 1.807) is 6.20 Å². The minimum atomic E-state index is -0.226. The molecule has 0 aromatic carbocycles. The van der Waals surface area contributed by atoms with Crippen molar-refractivity contribution in [2.75, 3.05) is 26.3 Å². The van der Waals surface area contributed by atoms with E-state index >= 15 is 0 Å². The number of hydrogen-bond acceptors (Lipinski definition) is 4. The predicted octanol–water partition coefficient (Wildman–Crippen LogP) is 2.18. The van der Waals surface area contributed by atoms with Crippen LogP contribution in [0.3, 0.4) is 0 Å². The summed E-state index contributed by atoms with van der Waals surface area (Å²) < 4.78 is 12.1. The fraction of sp³-hybridized carbons (Fsp3) is 0.667. The Morgan fingerprint density at radius 2 is 2.53 bits per heavy atom. The van der Waals surface area contributed by atoms with Crippen LogP contribution < -0.4 is 0 Å². The molecule has 0 spiro atoms. The predicted molar refractivity (Wildman–Crippen MR) is 66.3 cm³/mol. The fourth-order valence-electron chi connectivity index (χ4n) is 2.29. The van der Waals surface area contributed by atoms with Gasteiger partial charge in [-0.15, -0.1) is 11.3 Å². The minimum Gasteiger partial charge on any atom is -0.303 e. The molecule has 2 rings (SSSR count). The molecule has 1 atom stereocenters. The molecule has 0 unspecified atom stereocenters. The molecule has 0 radical (unpaired) electrons. The maximum atomic E-state index is 12.1. The van der Waals surface area contributed by atoms with Crippen LogP contribution in [0.4, 0.5) is 4.39 Å². The number of nitrogens with zero attached hydrogens (tertiary/aromatic N) is 2. The molecule has 1 aromatic rings. The fourth-order valence-corrected chi connectivity index (χ4v) is 3.14. The van der Waals surface area contributed by atoms with Gasteiger partial charge in [0.1, 0.15) is 0 Å². The van der Waals surface area contributed by atoms with Gasteiger partial charge in [-0.1, -0.05) is 0 Å². The van der Waals surface area contributed by atoms with Crippen molar-refractivity contribution in [2.45, 2.75) is 19.3 Å². The molecule has 0 aliphatic carbocycles. The zero-order valence-electron chi connectivity index (χ0n) is 9.77. The van der Waals surface area contributed by atoms with Gasteiger partial charge in [0, 0.05) is 25.7 Å². The minimum absolute atomic E-state index is 0.226. The molecule has 1 saturated heterocycles. The Kier molecular flexibility index (Phi) is 4.62. The molecule has 0 N–H and O–H groups in total. The summed E-state index contributed by atoms with van der Waals surface area (Å²) in [7, 11) is 0. The van der Waals surface area contributed by atoms with Crippen molar-refractivity contribution < 1.29 is 9.18 Å². The number of aromatic nitrogens is 1. The highest BCUT2D eigenvalue weighted by Gasteiger charge is 2.23. The van der Waals surface area contributed by atoms with E-state index in [1.807, 2.05) is 0 Å². The van der Waals surface area contributed by atoms with Crippen molar-refractivity contribution in [1.29, 1.82) is 0 Å². The van der Waals surface area contributed by atoms with Crippen molar-refractivity contribution >= 4 is 17.6 Å². The highest BCUT2D eigenvalue weighted by molar-refractivity contribution is 7.13. The standard InChI is InChI=1S/C12H17FN2OS/c13-3-1-4-15-5-2-10(8-15)6-12-14-7-11(9-16)17-12/h7,9-10H,1-6,8H2/t10-/m0/s1. The van der Waals surface area contributed by atoms with Crippen LogP contribution in [-0.2, 0) is 6.42 Å². The molecule has 17 heavy (non-hydrogen) atoms. The quantitative estimate of drug-likeness (QED) is 0.731. The van der Waals surface area contributed by atoms with Gasteiger partial charge in [0.2, 0.25) is 0 Å². The summed E-state index contributed by atoms with van der Waals surface area (Å²) >= 11 is 1.48. The van der Waals surface area contributed by atoms with Crippen molar-refractivity contribution in [2.24, 2.45) is 5.92 Å². The molecule has 3 nitrogen and oxygen atoms in total. The summed E-state index contributed by atoms with van der Waals surface area (Å²) in [4.78, 5) is 17.8. The van der Waals surface area contributed by atoms with E-state index in [2.05, 4.69) is 9.88 Å². The molecule has 0 saturated carbocycles. The number of rotatable bonds is 6. The molecule has 0 amide bonds. The lowest BCUT2D eigenvalue weighted by molar-refractivity contribution is 0.112. The van der Waals surface area contributed by atoms with Crippen LogP contribution in [-0.4, -0.2) is 42.5 Å². The molecule has 1 aliphatic heterocycles. The van der Waals surface area contributed by atoms with Gasteiger partial charge in [0.05, 0.1) is 16.6 Å². The van der Waals surface area contributed by atoms with Gasteiger partial charge in [-0.3, -0.25) is 9.18 Å². The lowest BCUT2D eigenvalue weighted by atomic mass is 10.1. The molecular weight excluding hydrogens is 239 g/mol. The number of aldehydes is 1. The Morgan fingerprint density at radius 1 is 1.65 bits per heavy atom. The van der Waals surface area contributed by atoms with Gasteiger partial charge in [-0.05, 0) is 25.3 Å². The third-order valence-corrected chi connectivity index (χ3v) is 4.07. The molecule has 1 fully saturated rings. The van der Waals surface area contributed by atoms with Crippen LogP contribution in [0.5, 0.6) is 0 Å². The SMILES string of the molecule is O=Cc1cnc(C[C@@H]2CCN(CCCF)C2)s1. The highest BCUT2D eigenvalue weighted by Crippen LogP contribution is 2.23. The normalized spacial score (nSPS) is 20.9. The number of carbonyl (C=O) groups is 1. The van der Waals surface area contributed by atoms with Gasteiger partial charge in [-0.2, -0.15) is 0 Å². The second-order valence-electron chi connectivity index (χ2n) is 4.48. The Morgan fingerprint density at radius 3 is 3.24 bits per heavy atom. The van der Waals surface area contributed by atoms with Gasteiger partial charge >= 0.3 is 0 Å². The van der Waals surface area contributed by atoms with E-state index in [-0.39, 0.29) is 6.67 Å². The molecular formula is C12H17FN2OS. The first-order valence-corrected chi connectivity index (χ1v) is 6.81. The van der Waals surface area contributed by atoms with Gasteiger partial charge in [-0.25, -0.2) is 4.98 Å². The van der Waals surface area contributed by atoms with Crippen molar-refractivity contribution in [3.63, 3.8) is 0 Å². The van der Waals surface area contributed by atoms with Crippen molar-refractivity contribution in [1.82, 2.24) is 9.88 Å². The van der Waals surface area contributed by atoms with Crippen LogP contribution in [0.2, 0.25) is 0 Å². The number of likely N-dealkylation sites (tertiary alicyclic amines) is 1. The lowest BCUT2D eigenvalue weighted by Crippen LogP contribution is -2.22. The average Bonchev–Trinajstić information content (AvgIpc) is 2.96. The Labute approximate surface area is 105 Å². The zero-order valence-corrected chi connectivity index (χ0v) is 10.6. The maximum absolute atomic E-state index is 12.1. The summed E-state index contributed by atoms with van der Waals surface area (Å²) in [5, 5.41) is 1.05. The molecule has 0 bridgehead atoms. The van der Waals surface area contributed by atoms with E-state index in [9.17, 15) is 9.18 Å². The highest BCUT2D eigenvalue weighted by atomic mass is 32.1. The number of thiazole rings is 1. The summed E-state index contributed by atoms with van der Waals surface area (Å²) in [6.45, 7) is 2.74.